The number of hydrogen-bond acceptors (Lipinski definition) is 4. The molecule has 0 aromatic carbocycles. The number of nitrogens with zero attached hydrogens (tertiary/aromatic N) is 1. The summed E-state index contributed by atoms with van der Waals surface area (Å²) in [6, 6.07) is 3.94. The van der Waals surface area contributed by atoms with Gasteiger partial charge >= 0.3 is 0 Å². The van der Waals surface area contributed by atoms with E-state index in [1.54, 1.807) is 6.20 Å². The Hall–Kier alpha value is -1.29. The number of aliphatic hydroxyl groups excluding tert-OH is 1. The normalized spacial score (nSPS) is 24.0. The molecule has 0 aliphatic heterocycles. The summed E-state index contributed by atoms with van der Waals surface area (Å²) in [5, 5.41) is 13.3. The fourth-order valence-electron chi connectivity index (χ4n) is 2.30. The van der Waals surface area contributed by atoms with Crippen LogP contribution in [0.1, 0.15) is 39.5 Å². The zero-order valence-electron chi connectivity index (χ0n) is 11.1. The summed E-state index contributed by atoms with van der Waals surface area (Å²) in [6.07, 6.45) is 5.69. The van der Waals surface area contributed by atoms with E-state index in [9.17, 15) is 5.11 Å². The number of aliphatic hydroxyl groups is 1. The van der Waals surface area contributed by atoms with Crippen LogP contribution < -0.4 is 10.1 Å². The van der Waals surface area contributed by atoms with Crippen LogP contribution >= 0.6 is 0 Å². The summed E-state index contributed by atoms with van der Waals surface area (Å²) in [7, 11) is 0. The SMILES string of the molecule is CC(C)Oc1ncccc1N[C@H]1CCCC[C@@H]1O. The fourth-order valence-corrected chi connectivity index (χ4v) is 2.30. The van der Waals surface area contributed by atoms with Gasteiger partial charge in [-0.05, 0) is 38.8 Å². The van der Waals surface area contributed by atoms with Crippen molar-refractivity contribution in [2.24, 2.45) is 0 Å². The number of ether oxygens (including phenoxy) is 1. The van der Waals surface area contributed by atoms with Gasteiger partial charge in [0.15, 0.2) is 0 Å². The Morgan fingerprint density at radius 1 is 1.39 bits per heavy atom. The minimum Gasteiger partial charge on any atom is -0.473 e. The predicted octanol–water partition coefficient (Wildman–Crippen LogP) is 2.58. The van der Waals surface area contributed by atoms with Crippen LogP contribution in [0.3, 0.4) is 0 Å². The Labute approximate surface area is 108 Å². The fraction of sp³-hybridized carbons (Fsp3) is 0.643. The molecule has 0 radical (unpaired) electrons. The molecule has 18 heavy (non-hydrogen) atoms. The average Bonchev–Trinajstić information content (AvgIpc) is 2.34. The van der Waals surface area contributed by atoms with Gasteiger partial charge in [0.05, 0.1) is 23.9 Å². The smallest absolute Gasteiger partial charge is 0.237 e. The third-order valence-corrected chi connectivity index (χ3v) is 3.19. The highest BCUT2D eigenvalue weighted by atomic mass is 16.5. The summed E-state index contributed by atoms with van der Waals surface area (Å²) in [5.74, 6) is 0.616. The van der Waals surface area contributed by atoms with Crippen LogP contribution in [0.4, 0.5) is 5.69 Å². The molecule has 2 rings (SSSR count). The van der Waals surface area contributed by atoms with Crippen molar-refractivity contribution in [2.45, 2.75) is 57.8 Å². The maximum atomic E-state index is 9.98. The molecule has 2 atom stereocenters. The lowest BCUT2D eigenvalue weighted by Gasteiger charge is -2.29. The van der Waals surface area contributed by atoms with Crippen LogP contribution in [-0.2, 0) is 0 Å². The molecule has 1 heterocycles. The molecule has 1 saturated carbocycles. The lowest BCUT2D eigenvalue weighted by Crippen LogP contribution is -2.36. The lowest BCUT2D eigenvalue weighted by molar-refractivity contribution is 0.116. The van der Waals surface area contributed by atoms with Gasteiger partial charge in [0, 0.05) is 6.20 Å². The van der Waals surface area contributed by atoms with Crippen molar-refractivity contribution in [2.75, 3.05) is 5.32 Å². The summed E-state index contributed by atoms with van der Waals surface area (Å²) >= 11 is 0. The van der Waals surface area contributed by atoms with E-state index in [1.807, 2.05) is 26.0 Å². The van der Waals surface area contributed by atoms with Crippen LogP contribution in [-0.4, -0.2) is 28.3 Å². The molecule has 0 spiro atoms. The molecule has 0 amide bonds. The van der Waals surface area contributed by atoms with Crippen molar-refractivity contribution in [3.63, 3.8) is 0 Å². The van der Waals surface area contributed by atoms with E-state index in [2.05, 4.69) is 10.3 Å². The Balaban J connectivity index is 2.07. The number of nitrogens with one attached hydrogen (secondary N) is 1. The Bertz CT molecular complexity index is 382. The first-order valence-corrected chi connectivity index (χ1v) is 6.73. The van der Waals surface area contributed by atoms with Gasteiger partial charge in [-0.1, -0.05) is 12.8 Å². The Morgan fingerprint density at radius 3 is 2.89 bits per heavy atom. The molecule has 1 aromatic rings. The van der Waals surface area contributed by atoms with Crippen LogP contribution in [0, 0.1) is 0 Å². The van der Waals surface area contributed by atoms with Crippen molar-refractivity contribution in [3.05, 3.63) is 18.3 Å². The van der Waals surface area contributed by atoms with Gasteiger partial charge in [0.25, 0.3) is 0 Å². The van der Waals surface area contributed by atoms with E-state index < -0.39 is 0 Å². The standard InChI is InChI=1S/C14H22N2O2/c1-10(2)18-14-12(7-5-9-15-14)16-11-6-3-4-8-13(11)17/h5,7,9-11,13,16-17H,3-4,6,8H2,1-2H3/t11-,13-/m0/s1. The lowest BCUT2D eigenvalue weighted by atomic mass is 9.92. The zero-order chi connectivity index (χ0) is 13.0. The van der Waals surface area contributed by atoms with Gasteiger partial charge in [-0.15, -0.1) is 0 Å². The van der Waals surface area contributed by atoms with Gasteiger partial charge in [-0.2, -0.15) is 0 Å². The van der Waals surface area contributed by atoms with Crippen LogP contribution in [0.15, 0.2) is 18.3 Å². The van der Waals surface area contributed by atoms with E-state index in [-0.39, 0.29) is 18.2 Å². The number of rotatable bonds is 4. The van der Waals surface area contributed by atoms with Crippen LogP contribution in [0.5, 0.6) is 5.88 Å². The summed E-state index contributed by atoms with van der Waals surface area (Å²) in [5.41, 5.74) is 0.872. The average molecular weight is 250 g/mol. The second kappa shape index (κ2) is 6.05. The van der Waals surface area contributed by atoms with Crippen molar-refractivity contribution in [1.29, 1.82) is 0 Å². The molecule has 0 saturated heterocycles. The molecule has 1 aromatic heterocycles. The highest BCUT2D eigenvalue weighted by Gasteiger charge is 2.23. The molecule has 1 aliphatic rings. The molecule has 4 heteroatoms. The van der Waals surface area contributed by atoms with Crippen molar-refractivity contribution < 1.29 is 9.84 Å². The molecule has 0 bridgehead atoms. The van der Waals surface area contributed by atoms with E-state index in [0.29, 0.717) is 5.88 Å². The van der Waals surface area contributed by atoms with Gasteiger partial charge < -0.3 is 15.2 Å². The van der Waals surface area contributed by atoms with E-state index in [0.717, 1.165) is 31.4 Å². The van der Waals surface area contributed by atoms with Gasteiger partial charge in [0.1, 0.15) is 0 Å². The van der Waals surface area contributed by atoms with Gasteiger partial charge in [0.2, 0.25) is 5.88 Å². The minimum atomic E-state index is -0.272. The maximum Gasteiger partial charge on any atom is 0.237 e. The quantitative estimate of drug-likeness (QED) is 0.862. The molecular formula is C14H22N2O2. The maximum absolute atomic E-state index is 9.98. The highest BCUT2D eigenvalue weighted by molar-refractivity contribution is 5.53. The molecule has 1 aliphatic carbocycles. The summed E-state index contributed by atoms with van der Waals surface area (Å²) < 4.78 is 5.67. The van der Waals surface area contributed by atoms with E-state index >= 15 is 0 Å². The molecule has 2 N–H and O–H groups in total. The van der Waals surface area contributed by atoms with Crippen molar-refractivity contribution >= 4 is 5.69 Å². The second-order valence-electron chi connectivity index (χ2n) is 5.13. The number of pyridine rings is 1. The first-order valence-electron chi connectivity index (χ1n) is 6.73. The van der Waals surface area contributed by atoms with Gasteiger partial charge in [-0.25, -0.2) is 4.98 Å². The van der Waals surface area contributed by atoms with Crippen LogP contribution in [0.25, 0.3) is 0 Å². The number of hydrogen-bond donors (Lipinski definition) is 2. The molecule has 4 nitrogen and oxygen atoms in total. The Morgan fingerprint density at radius 2 is 2.17 bits per heavy atom. The molecule has 0 unspecified atom stereocenters. The molecule has 1 fully saturated rings. The monoisotopic (exact) mass is 250 g/mol. The first kappa shape index (κ1) is 13.1. The molecular weight excluding hydrogens is 228 g/mol. The Kier molecular flexibility index (Phi) is 4.42. The largest absolute Gasteiger partial charge is 0.473 e. The predicted molar refractivity (Wildman–Crippen MR) is 71.9 cm³/mol. The number of aromatic nitrogens is 1. The molecule has 100 valence electrons. The minimum absolute atomic E-state index is 0.0942. The van der Waals surface area contributed by atoms with E-state index in [4.69, 9.17) is 4.74 Å². The summed E-state index contributed by atoms with van der Waals surface area (Å²) in [4.78, 5) is 4.24. The summed E-state index contributed by atoms with van der Waals surface area (Å²) in [6.45, 7) is 3.96. The topological polar surface area (TPSA) is 54.4 Å². The third-order valence-electron chi connectivity index (χ3n) is 3.19. The highest BCUT2D eigenvalue weighted by Crippen LogP contribution is 2.27. The first-order chi connectivity index (χ1) is 8.66. The number of anilines is 1. The zero-order valence-corrected chi connectivity index (χ0v) is 11.1. The van der Waals surface area contributed by atoms with Gasteiger partial charge in [-0.3, -0.25) is 0 Å². The van der Waals surface area contributed by atoms with E-state index in [1.165, 1.54) is 0 Å². The second-order valence-corrected chi connectivity index (χ2v) is 5.13. The third kappa shape index (κ3) is 3.35. The van der Waals surface area contributed by atoms with Crippen molar-refractivity contribution in [1.82, 2.24) is 4.98 Å². The van der Waals surface area contributed by atoms with Crippen LogP contribution in [0.2, 0.25) is 0 Å². The van der Waals surface area contributed by atoms with Crippen molar-refractivity contribution in [3.8, 4) is 5.88 Å².